The molecule has 1 saturated carbocycles. The van der Waals surface area contributed by atoms with Crippen LogP contribution in [0.2, 0.25) is 0 Å². The Morgan fingerprint density at radius 3 is 2.00 bits per heavy atom. The molecule has 1 heteroatoms. The van der Waals surface area contributed by atoms with Crippen LogP contribution in [0, 0.1) is 5.92 Å². The van der Waals surface area contributed by atoms with Gasteiger partial charge in [0.2, 0.25) is 0 Å². The first kappa shape index (κ1) is 15.6. The lowest BCUT2D eigenvalue weighted by Crippen LogP contribution is -2.25. The second kappa shape index (κ2) is 7.26. The van der Waals surface area contributed by atoms with Crippen molar-refractivity contribution in [2.45, 2.75) is 71.8 Å². The molecule has 1 aromatic rings. The van der Waals surface area contributed by atoms with Gasteiger partial charge in [-0.15, -0.1) is 0 Å². The summed E-state index contributed by atoms with van der Waals surface area (Å²) >= 11 is 0. The van der Waals surface area contributed by atoms with Crippen molar-refractivity contribution in [2.75, 3.05) is 7.05 Å². The van der Waals surface area contributed by atoms with Crippen molar-refractivity contribution in [2.24, 2.45) is 5.92 Å². The van der Waals surface area contributed by atoms with Gasteiger partial charge in [0.05, 0.1) is 0 Å². The summed E-state index contributed by atoms with van der Waals surface area (Å²) in [7, 11) is 2.13. The highest BCUT2D eigenvalue weighted by atomic mass is 14.9. The van der Waals surface area contributed by atoms with Crippen LogP contribution in [0.25, 0.3) is 0 Å². The number of rotatable bonds is 7. The van der Waals surface area contributed by atoms with E-state index in [4.69, 9.17) is 0 Å². The molecule has 0 bridgehead atoms. The number of hydrogen-bond donors (Lipinski definition) is 1. The second-order valence-electron chi connectivity index (χ2n) is 6.26. The molecule has 1 atom stereocenters. The van der Waals surface area contributed by atoms with E-state index in [1.807, 2.05) is 0 Å². The Kier molecular flexibility index (Phi) is 5.65. The number of aryl methyl sites for hydroxylation is 3. The van der Waals surface area contributed by atoms with Crippen LogP contribution in [-0.2, 0) is 19.3 Å². The monoisotopic (exact) mass is 273 g/mol. The maximum Gasteiger partial charge on any atom is 0.0325 e. The van der Waals surface area contributed by atoms with E-state index in [-0.39, 0.29) is 0 Å². The zero-order chi connectivity index (χ0) is 14.5. The van der Waals surface area contributed by atoms with Crippen LogP contribution >= 0.6 is 0 Å². The van der Waals surface area contributed by atoms with E-state index in [0.29, 0.717) is 6.04 Å². The predicted octanol–water partition coefficient (Wildman–Crippen LogP) is 4.82. The third kappa shape index (κ3) is 3.25. The van der Waals surface area contributed by atoms with Crippen molar-refractivity contribution in [3.8, 4) is 0 Å². The maximum absolute atomic E-state index is 3.60. The lowest BCUT2D eigenvalue weighted by molar-refractivity contribution is 0.265. The van der Waals surface area contributed by atoms with Crippen LogP contribution in [0.15, 0.2) is 12.1 Å². The maximum atomic E-state index is 3.60. The van der Waals surface area contributed by atoms with Gasteiger partial charge in [-0.05, 0) is 60.9 Å². The molecule has 112 valence electrons. The zero-order valence-corrected chi connectivity index (χ0v) is 13.8. The van der Waals surface area contributed by atoms with Crippen molar-refractivity contribution in [3.63, 3.8) is 0 Å². The third-order valence-corrected chi connectivity index (χ3v) is 5.07. The molecule has 1 N–H and O–H groups in total. The molecule has 20 heavy (non-hydrogen) atoms. The van der Waals surface area contributed by atoms with Gasteiger partial charge >= 0.3 is 0 Å². The van der Waals surface area contributed by atoms with Gasteiger partial charge in [0.15, 0.2) is 0 Å². The molecule has 0 aromatic heterocycles. The minimum atomic E-state index is 0.552. The molecule has 1 unspecified atom stereocenters. The average molecular weight is 273 g/mol. The van der Waals surface area contributed by atoms with E-state index in [1.54, 1.807) is 16.7 Å². The lowest BCUT2D eigenvalue weighted by atomic mass is 9.77. The Hall–Kier alpha value is -0.820. The topological polar surface area (TPSA) is 12.0 Å². The summed E-state index contributed by atoms with van der Waals surface area (Å²) in [6, 6.07) is 5.44. The van der Waals surface area contributed by atoms with Crippen molar-refractivity contribution in [1.29, 1.82) is 0 Å². The molecule has 1 fully saturated rings. The Morgan fingerprint density at radius 2 is 1.65 bits per heavy atom. The van der Waals surface area contributed by atoms with Gasteiger partial charge in [-0.2, -0.15) is 0 Å². The molecular formula is C19H31N. The third-order valence-electron chi connectivity index (χ3n) is 5.07. The molecule has 0 heterocycles. The quantitative estimate of drug-likeness (QED) is 0.750. The summed E-state index contributed by atoms with van der Waals surface area (Å²) in [5, 5.41) is 3.60. The summed E-state index contributed by atoms with van der Waals surface area (Å²) in [5.74, 6) is 0.952. The van der Waals surface area contributed by atoms with Crippen molar-refractivity contribution in [1.82, 2.24) is 5.32 Å². The molecule has 0 spiro atoms. The van der Waals surface area contributed by atoms with E-state index >= 15 is 0 Å². The van der Waals surface area contributed by atoms with Crippen LogP contribution in [0.1, 0.15) is 74.8 Å². The summed E-state index contributed by atoms with van der Waals surface area (Å²) in [4.78, 5) is 0. The fourth-order valence-corrected chi connectivity index (χ4v) is 3.53. The molecule has 2 rings (SSSR count). The fraction of sp³-hybridized carbons (Fsp3) is 0.684. The number of nitrogens with one attached hydrogen (secondary N) is 1. The van der Waals surface area contributed by atoms with Gasteiger partial charge in [0, 0.05) is 6.04 Å². The minimum Gasteiger partial charge on any atom is -0.313 e. The summed E-state index contributed by atoms with van der Waals surface area (Å²) in [5.41, 5.74) is 6.25. The highest BCUT2D eigenvalue weighted by molar-refractivity contribution is 5.42. The molecule has 1 aliphatic carbocycles. The largest absolute Gasteiger partial charge is 0.313 e. The van der Waals surface area contributed by atoms with Crippen molar-refractivity contribution < 1.29 is 0 Å². The molecule has 1 aliphatic rings. The van der Waals surface area contributed by atoms with E-state index in [1.165, 1.54) is 31.2 Å². The average Bonchev–Trinajstić information content (AvgIpc) is 2.45. The predicted molar refractivity (Wildman–Crippen MR) is 88.3 cm³/mol. The molecule has 1 nitrogen and oxygen atoms in total. The Balaban J connectivity index is 2.34. The van der Waals surface area contributed by atoms with Crippen LogP contribution in [-0.4, -0.2) is 7.05 Å². The summed E-state index contributed by atoms with van der Waals surface area (Å²) < 4.78 is 0. The zero-order valence-electron chi connectivity index (χ0n) is 13.8. The van der Waals surface area contributed by atoms with Crippen LogP contribution in [0.3, 0.4) is 0 Å². The standard InChI is InChI=1S/C19H31N/c1-5-14-11-16(6-2)19(17(7-3)12-14)18(20-4)13-15-9-8-10-15/h11-12,15,18,20H,5-10,13H2,1-4H3. The van der Waals surface area contributed by atoms with Gasteiger partial charge in [-0.3, -0.25) is 0 Å². The SMILES string of the molecule is CCc1cc(CC)c(C(CC2CCC2)NC)c(CC)c1. The van der Waals surface area contributed by atoms with Gasteiger partial charge in [-0.1, -0.05) is 52.2 Å². The molecule has 0 saturated heterocycles. The molecular weight excluding hydrogens is 242 g/mol. The van der Waals surface area contributed by atoms with E-state index in [2.05, 4.69) is 45.3 Å². The molecule has 0 aliphatic heterocycles. The molecule has 1 aromatic carbocycles. The first-order valence-electron chi connectivity index (χ1n) is 8.55. The number of hydrogen-bond acceptors (Lipinski definition) is 1. The Morgan fingerprint density at radius 1 is 1.05 bits per heavy atom. The highest BCUT2D eigenvalue weighted by Crippen LogP contribution is 2.37. The second-order valence-corrected chi connectivity index (χ2v) is 6.26. The Bertz CT molecular complexity index is 406. The van der Waals surface area contributed by atoms with Gasteiger partial charge in [-0.25, -0.2) is 0 Å². The van der Waals surface area contributed by atoms with E-state index in [9.17, 15) is 0 Å². The van der Waals surface area contributed by atoms with Crippen molar-refractivity contribution >= 4 is 0 Å². The summed E-state index contributed by atoms with van der Waals surface area (Å²) in [6.45, 7) is 6.86. The lowest BCUT2D eigenvalue weighted by Gasteiger charge is -2.32. The Labute approximate surface area is 125 Å². The fourth-order valence-electron chi connectivity index (χ4n) is 3.53. The summed E-state index contributed by atoms with van der Waals surface area (Å²) in [6.07, 6.45) is 9.09. The molecule has 0 amide bonds. The number of benzene rings is 1. The van der Waals surface area contributed by atoms with Crippen LogP contribution in [0.4, 0.5) is 0 Å². The minimum absolute atomic E-state index is 0.552. The first-order chi connectivity index (χ1) is 9.73. The van der Waals surface area contributed by atoms with Crippen LogP contribution < -0.4 is 5.32 Å². The smallest absolute Gasteiger partial charge is 0.0325 e. The van der Waals surface area contributed by atoms with Crippen LogP contribution in [0.5, 0.6) is 0 Å². The molecule has 0 radical (unpaired) electrons. The first-order valence-corrected chi connectivity index (χ1v) is 8.55. The van der Waals surface area contributed by atoms with E-state index in [0.717, 1.165) is 25.2 Å². The van der Waals surface area contributed by atoms with Crippen molar-refractivity contribution in [3.05, 3.63) is 34.4 Å². The van der Waals surface area contributed by atoms with E-state index < -0.39 is 0 Å². The normalized spacial score (nSPS) is 17.0. The van der Waals surface area contributed by atoms with Gasteiger partial charge in [0.1, 0.15) is 0 Å². The van der Waals surface area contributed by atoms with Gasteiger partial charge in [0.25, 0.3) is 0 Å². The van der Waals surface area contributed by atoms with Gasteiger partial charge < -0.3 is 5.32 Å². The highest BCUT2D eigenvalue weighted by Gasteiger charge is 2.25.